The Balaban J connectivity index is 1.64. The molecule has 44 heavy (non-hydrogen) atoms. The van der Waals surface area contributed by atoms with Crippen molar-refractivity contribution in [3.8, 4) is 5.75 Å². The molecular weight excluding hydrogens is 585 g/mol. The molecule has 0 bridgehead atoms. The van der Waals surface area contributed by atoms with Gasteiger partial charge in [-0.15, -0.1) is 0 Å². The number of phenolic OH excluding ortho intramolecular Hbond substituents is 1. The molecule has 4 aliphatic rings. The number of fused-ring (bicyclic) bond motifs is 3. The molecule has 5 rings (SSSR count). The second kappa shape index (κ2) is 10.8. The van der Waals surface area contributed by atoms with E-state index in [1.165, 1.54) is 19.0 Å². The van der Waals surface area contributed by atoms with E-state index in [1.807, 2.05) is 0 Å². The number of phenols is 1. The average molecular weight is 623 g/mol. The van der Waals surface area contributed by atoms with Crippen molar-refractivity contribution in [1.82, 2.24) is 9.80 Å². The van der Waals surface area contributed by atoms with Crippen LogP contribution in [0.4, 0.5) is 18.9 Å². The Morgan fingerprint density at radius 3 is 2.39 bits per heavy atom. The predicted octanol–water partition coefficient (Wildman–Crippen LogP) is 1.80. The van der Waals surface area contributed by atoms with Gasteiger partial charge in [-0.25, -0.2) is 0 Å². The highest BCUT2D eigenvalue weighted by atomic mass is 19.4. The molecule has 1 aromatic carbocycles. The first kappa shape index (κ1) is 31.8. The maximum atomic E-state index is 14.1. The van der Waals surface area contributed by atoms with Gasteiger partial charge in [0.1, 0.15) is 22.8 Å². The third-order valence-corrected chi connectivity index (χ3v) is 9.62. The number of Topliss-reactive ketones (excluding diaryl/α,β-unsaturated/α-hetero) is 2. The van der Waals surface area contributed by atoms with Crippen LogP contribution in [-0.2, 0) is 27.3 Å². The number of anilines is 1. The van der Waals surface area contributed by atoms with E-state index >= 15 is 0 Å². The zero-order valence-corrected chi connectivity index (χ0v) is 24.9. The smallest absolute Gasteiger partial charge is 0.393 e. The third kappa shape index (κ3) is 4.74. The van der Waals surface area contributed by atoms with E-state index in [4.69, 9.17) is 5.73 Å². The lowest BCUT2D eigenvalue weighted by molar-refractivity contribution is -0.187. The monoisotopic (exact) mass is 622 g/mol. The highest BCUT2D eigenvalue weighted by Gasteiger charge is 2.64. The van der Waals surface area contributed by atoms with Crippen LogP contribution in [0.5, 0.6) is 5.75 Å². The number of hydrogen-bond acceptors (Lipinski definition) is 10. The molecule has 6 N–H and O–H groups in total. The molecule has 11 nitrogen and oxygen atoms in total. The largest absolute Gasteiger partial charge is 0.508 e. The van der Waals surface area contributed by atoms with E-state index in [-0.39, 0.29) is 49.1 Å². The molecule has 0 aromatic heterocycles. The normalized spacial score (nSPS) is 29.5. The lowest BCUT2D eigenvalue weighted by atomic mass is 9.57. The quantitative estimate of drug-likeness (QED) is 0.306. The van der Waals surface area contributed by atoms with Gasteiger partial charge in [0.15, 0.2) is 11.4 Å². The maximum Gasteiger partial charge on any atom is 0.393 e. The fourth-order valence-electron chi connectivity index (χ4n) is 7.57. The molecule has 0 spiro atoms. The molecule has 3 aliphatic carbocycles. The van der Waals surface area contributed by atoms with Crippen molar-refractivity contribution in [2.24, 2.45) is 23.5 Å². The van der Waals surface area contributed by atoms with Gasteiger partial charge in [-0.1, -0.05) is 0 Å². The van der Waals surface area contributed by atoms with E-state index in [0.29, 0.717) is 24.2 Å². The maximum absolute atomic E-state index is 14.1. The Morgan fingerprint density at radius 2 is 1.82 bits per heavy atom. The predicted molar refractivity (Wildman–Crippen MR) is 153 cm³/mol. The van der Waals surface area contributed by atoms with Crippen molar-refractivity contribution >= 4 is 28.9 Å². The van der Waals surface area contributed by atoms with Crippen LogP contribution in [0, 0.1) is 17.8 Å². The van der Waals surface area contributed by atoms with Gasteiger partial charge < -0.3 is 31.1 Å². The summed E-state index contributed by atoms with van der Waals surface area (Å²) in [5.41, 5.74) is 2.62. The number of carbonyl (C=O) groups excluding carboxylic acids is 3. The number of carbonyl (C=O) groups is 3. The van der Waals surface area contributed by atoms with Crippen LogP contribution in [0.25, 0.3) is 5.76 Å². The number of aromatic hydroxyl groups is 1. The van der Waals surface area contributed by atoms with Crippen molar-refractivity contribution in [3.05, 3.63) is 39.7 Å². The van der Waals surface area contributed by atoms with E-state index in [9.17, 15) is 48.0 Å². The van der Waals surface area contributed by atoms with Crippen molar-refractivity contribution < 1.29 is 48.0 Å². The summed E-state index contributed by atoms with van der Waals surface area (Å²) in [5.74, 6) is -8.96. The first-order valence-corrected chi connectivity index (χ1v) is 14.4. The summed E-state index contributed by atoms with van der Waals surface area (Å²) in [6, 6.07) is 0.465. The van der Waals surface area contributed by atoms with Gasteiger partial charge in [0.2, 0.25) is 5.78 Å². The molecular formula is C30H37F3N4O7. The molecule has 1 heterocycles. The first-order valence-electron chi connectivity index (χ1n) is 14.4. The van der Waals surface area contributed by atoms with Crippen LogP contribution in [-0.4, -0.2) is 107 Å². The molecule has 1 aliphatic heterocycles. The number of hydrogen-bond donors (Lipinski definition) is 5. The zero-order chi connectivity index (χ0) is 32.6. The third-order valence-electron chi connectivity index (χ3n) is 9.62. The van der Waals surface area contributed by atoms with Crippen LogP contribution >= 0.6 is 0 Å². The van der Waals surface area contributed by atoms with Crippen LogP contribution in [0.1, 0.15) is 36.0 Å². The summed E-state index contributed by atoms with van der Waals surface area (Å²) in [5, 5.41) is 45.9. The Morgan fingerprint density at radius 1 is 1.16 bits per heavy atom. The van der Waals surface area contributed by atoms with E-state index < -0.39 is 75.9 Å². The summed E-state index contributed by atoms with van der Waals surface area (Å²) in [6.07, 6.45) is -3.96. The second-order valence-corrected chi connectivity index (χ2v) is 12.7. The number of nitrogens with two attached hydrogens (primary N) is 1. The van der Waals surface area contributed by atoms with E-state index in [2.05, 4.69) is 0 Å². The number of aliphatic hydroxyl groups excluding tert-OH is 2. The second-order valence-electron chi connectivity index (χ2n) is 12.7. The number of likely N-dealkylation sites (N-methyl/N-ethyl adjacent to an activating group) is 1. The number of primary amides is 1. The summed E-state index contributed by atoms with van der Waals surface area (Å²) >= 11 is 0. The molecule has 1 saturated heterocycles. The topological polar surface area (TPSA) is 168 Å². The zero-order valence-electron chi connectivity index (χ0n) is 24.9. The average Bonchev–Trinajstić information content (AvgIpc) is 2.91. The van der Waals surface area contributed by atoms with E-state index in [1.54, 1.807) is 30.0 Å². The Hall–Kier alpha value is -3.62. The number of ketones is 2. The van der Waals surface area contributed by atoms with Gasteiger partial charge in [0, 0.05) is 49.9 Å². The molecule has 1 unspecified atom stereocenters. The molecule has 14 heteroatoms. The summed E-state index contributed by atoms with van der Waals surface area (Å²) < 4.78 is 40.4. The molecule has 1 amide bonds. The summed E-state index contributed by atoms with van der Waals surface area (Å²) in [4.78, 5) is 44.3. The van der Waals surface area contributed by atoms with Crippen LogP contribution < -0.4 is 10.6 Å². The molecule has 1 saturated carbocycles. The number of amides is 1. The van der Waals surface area contributed by atoms with Crippen LogP contribution in [0.15, 0.2) is 23.0 Å². The van der Waals surface area contributed by atoms with Crippen molar-refractivity contribution in [3.63, 3.8) is 0 Å². The number of rotatable bonds is 5. The lowest BCUT2D eigenvalue weighted by Crippen LogP contribution is -2.65. The number of alkyl halides is 3. The molecule has 0 radical (unpaired) electrons. The number of piperidine rings is 1. The Bertz CT molecular complexity index is 1500. The standard InChI is InChI=1S/C30H37F3N4O7/c1-35(2)18-10-14(11-37-7-5-6-15(12-37)30(31,32)33)23(38)20-16(18)8-13-9-17-22(36(3)4)25(40)21(28(34)43)27(42)29(17,44)26(41)19(13)24(20)39/h10,13,15,17,22,38-39,42,44H,5-9,11-12H2,1-4H3,(H2,34,43)/t13-,15?,17-,22-,29-/m0/s1. The van der Waals surface area contributed by atoms with E-state index in [0.717, 1.165) is 0 Å². The highest BCUT2D eigenvalue weighted by molar-refractivity contribution is 6.24. The first-order chi connectivity index (χ1) is 20.4. The van der Waals surface area contributed by atoms with Gasteiger partial charge in [0.05, 0.1) is 17.5 Å². The highest BCUT2D eigenvalue weighted by Crippen LogP contribution is 2.54. The minimum atomic E-state index is -4.35. The summed E-state index contributed by atoms with van der Waals surface area (Å²) in [7, 11) is 6.51. The van der Waals surface area contributed by atoms with Crippen LogP contribution in [0.3, 0.4) is 0 Å². The van der Waals surface area contributed by atoms with Gasteiger partial charge in [0.25, 0.3) is 5.91 Å². The molecule has 2 fully saturated rings. The number of benzene rings is 1. The number of aliphatic hydroxyl groups is 3. The Labute approximate surface area is 252 Å². The SMILES string of the molecule is CN(C)c1cc(CN2CCCC(C(F)(F)F)C2)c(O)c2c1C[C@H]1C[C@H]3[C@H](N(C)C)C(=O)C(C(N)=O)=C(O)[C@@]3(O)C(=O)C1=C2O. The van der Waals surface area contributed by atoms with Crippen LogP contribution in [0.2, 0.25) is 0 Å². The minimum Gasteiger partial charge on any atom is -0.508 e. The number of nitrogens with zero attached hydrogens (tertiary/aromatic N) is 3. The lowest BCUT2D eigenvalue weighted by Gasteiger charge is -2.50. The number of likely N-dealkylation sites (tertiary alicyclic amines) is 1. The van der Waals surface area contributed by atoms with Gasteiger partial charge in [-0.05, 0) is 63.9 Å². The molecule has 1 aromatic rings. The van der Waals surface area contributed by atoms with Crippen molar-refractivity contribution in [1.29, 1.82) is 0 Å². The molecule has 5 atom stereocenters. The fraction of sp³-hybridized carbons (Fsp3) is 0.567. The molecule has 240 valence electrons. The van der Waals surface area contributed by atoms with Gasteiger partial charge >= 0.3 is 6.18 Å². The minimum absolute atomic E-state index is 0.0123. The van der Waals surface area contributed by atoms with Gasteiger partial charge in [-0.3, -0.25) is 24.2 Å². The van der Waals surface area contributed by atoms with Crippen molar-refractivity contribution in [2.75, 3.05) is 46.2 Å². The Kier molecular flexibility index (Phi) is 7.78. The van der Waals surface area contributed by atoms with Gasteiger partial charge in [-0.2, -0.15) is 13.2 Å². The fourth-order valence-corrected chi connectivity index (χ4v) is 7.57. The number of halogens is 3. The van der Waals surface area contributed by atoms with Crippen molar-refractivity contribution in [2.45, 2.75) is 50.0 Å². The summed E-state index contributed by atoms with van der Waals surface area (Å²) in [6.45, 7) is 0.0810.